The maximum absolute atomic E-state index is 13.1. The van der Waals surface area contributed by atoms with E-state index in [2.05, 4.69) is 27.1 Å². The van der Waals surface area contributed by atoms with Gasteiger partial charge in [0.25, 0.3) is 5.91 Å². The second-order valence-corrected chi connectivity index (χ2v) is 8.97. The van der Waals surface area contributed by atoms with Crippen LogP contribution in [-0.4, -0.2) is 48.2 Å². The smallest absolute Gasteiger partial charge is 0.274 e. The van der Waals surface area contributed by atoms with Gasteiger partial charge in [-0.1, -0.05) is 6.92 Å². The van der Waals surface area contributed by atoms with Crippen LogP contribution in [0.5, 0.6) is 0 Å². The lowest BCUT2D eigenvalue weighted by Crippen LogP contribution is -2.46. The van der Waals surface area contributed by atoms with Gasteiger partial charge in [-0.25, -0.2) is 4.98 Å². The highest BCUT2D eigenvalue weighted by Crippen LogP contribution is 2.33. The quantitative estimate of drug-likeness (QED) is 0.645. The average molecular weight is 436 g/mol. The van der Waals surface area contributed by atoms with Gasteiger partial charge in [0.1, 0.15) is 11.2 Å². The second kappa shape index (κ2) is 8.88. The Morgan fingerprint density at radius 2 is 2.06 bits per heavy atom. The molecule has 0 aromatic carbocycles. The SMILES string of the molecule is CC1CC(N)CN(c2ccncc2NC(=O)c2ccc3occ(C4CCOCC4)c3n2)C1. The van der Waals surface area contributed by atoms with Crippen LogP contribution in [0.4, 0.5) is 11.4 Å². The minimum atomic E-state index is -0.269. The van der Waals surface area contributed by atoms with Crippen LogP contribution in [0.2, 0.25) is 0 Å². The molecular weight excluding hydrogens is 406 g/mol. The van der Waals surface area contributed by atoms with Crippen LogP contribution in [0.15, 0.2) is 41.3 Å². The molecule has 2 fully saturated rings. The molecule has 2 aliphatic rings. The zero-order valence-electron chi connectivity index (χ0n) is 18.3. The number of nitrogens with one attached hydrogen (secondary N) is 1. The number of furan rings is 1. The Morgan fingerprint density at radius 3 is 2.88 bits per heavy atom. The zero-order valence-corrected chi connectivity index (χ0v) is 18.3. The van der Waals surface area contributed by atoms with E-state index in [0.717, 1.165) is 62.3 Å². The summed E-state index contributed by atoms with van der Waals surface area (Å²) < 4.78 is 11.2. The van der Waals surface area contributed by atoms with Crippen LogP contribution in [0, 0.1) is 5.92 Å². The van der Waals surface area contributed by atoms with Crippen molar-refractivity contribution in [2.24, 2.45) is 11.7 Å². The van der Waals surface area contributed by atoms with Crippen LogP contribution >= 0.6 is 0 Å². The Labute approximate surface area is 187 Å². The van der Waals surface area contributed by atoms with E-state index in [1.165, 1.54) is 0 Å². The first-order valence-electron chi connectivity index (χ1n) is 11.3. The van der Waals surface area contributed by atoms with E-state index in [1.807, 2.05) is 12.1 Å². The number of carbonyl (C=O) groups is 1. The average Bonchev–Trinajstić information content (AvgIpc) is 3.22. The first kappa shape index (κ1) is 20.9. The summed E-state index contributed by atoms with van der Waals surface area (Å²) in [5, 5.41) is 3.01. The van der Waals surface area contributed by atoms with E-state index >= 15 is 0 Å². The Bertz CT molecular complexity index is 1100. The van der Waals surface area contributed by atoms with E-state index in [1.54, 1.807) is 24.7 Å². The minimum Gasteiger partial charge on any atom is -0.462 e. The van der Waals surface area contributed by atoms with Gasteiger partial charge in [0.2, 0.25) is 0 Å². The summed E-state index contributed by atoms with van der Waals surface area (Å²) in [5.74, 6) is 0.560. The van der Waals surface area contributed by atoms with Crippen LogP contribution in [-0.2, 0) is 4.74 Å². The van der Waals surface area contributed by atoms with Crippen LogP contribution in [0.25, 0.3) is 11.1 Å². The normalized spacial score (nSPS) is 22.2. The lowest BCUT2D eigenvalue weighted by Gasteiger charge is -2.37. The van der Waals surface area contributed by atoms with Crippen molar-refractivity contribution in [1.29, 1.82) is 0 Å². The number of nitrogens with zero attached hydrogens (tertiary/aromatic N) is 3. The summed E-state index contributed by atoms with van der Waals surface area (Å²) in [6, 6.07) is 5.56. The fourth-order valence-electron chi connectivity index (χ4n) is 4.90. The topological polar surface area (TPSA) is 107 Å². The number of pyridine rings is 2. The number of piperidine rings is 1. The molecule has 3 N–H and O–H groups in total. The largest absolute Gasteiger partial charge is 0.462 e. The molecule has 0 saturated carbocycles. The molecule has 32 heavy (non-hydrogen) atoms. The van der Waals surface area contributed by atoms with Crippen molar-refractivity contribution in [3.8, 4) is 0 Å². The highest BCUT2D eigenvalue weighted by Gasteiger charge is 2.25. The summed E-state index contributed by atoms with van der Waals surface area (Å²) >= 11 is 0. The molecule has 2 saturated heterocycles. The molecule has 8 heteroatoms. The van der Waals surface area contributed by atoms with Gasteiger partial charge in [0.05, 0.1) is 23.8 Å². The predicted octanol–water partition coefficient (Wildman–Crippen LogP) is 3.54. The van der Waals surface area contributed by atoms with Crippen LogP contribution in [0.3, 0.4) is 0 Å². The monoisotopic (exact) mass is 435 g/mol. The molecule has 2 atom stereocenters. The van der Waals surface area contributed by atoms with Crippen molar-refractivity contribution >= 4 is 28.4 Å². The molecule has 2 aliphatic heterocycles. The van der Waals surface area contributed by atoms with E-state index in [0.29, 0.717) is 28.8 Å². The Balaban J connectivity index is 1.40. The van der Waals surface area contributed by atoms with Crippen LogP contribution < -0.4 is 16.0 Å². The van der Waals surface area contributed by atoms with Crippen molar-refractivity contribution in [2.75, 3.05) is 36.5 Å². The lowest BCUT2D eigenvalue weighted by molar-refractivity contribution is 0.0854. The van der Waals surface area contributed by atoms with Crippen molar-refractivity contribution in [1.82, 2.24) is 9.97 Å². The summed E-state index contributed by atoms with van der Waals surface area (Å²) in [7, 11) is 0. The number of amides is 1. The lowest BCUT2D eigenvalue weighted by atomic mass is 9.93. The third-order valence-corrected chi connectivity index (χ3v) is 6.42. The number of hydrogen-bond acceptors (Lipinski definition) is 7. The van der Waals surface area contributed by atoms with Gasteiger partial charge in [0, 0.05) is 44.1 Å². The Hall–Kier alpha value is -2.97. The maximum Gasteiger partial charge on any atom is 0.274 e. The summed E-state index contributed by atoms with van der Waals surface area (Å²) in [6.45, 7) is 5.32. The van der Waals surface area contributed by atoms with E-state index in [4.69, 9.17) is 14.9 Å². The summed E-state index contributed by atoms with van der Waals surface area (Å²) in [6.07, 6.45) is 8.07. The van der Waals surface area contributed by atoms with Crippen molar-refractivity contribution in [3.05, 3.63) is 48.1 Å². The first-order chi connectivity index (χ1) is 15.6. The van der Waals surface area contributed by atoms with Gasteiger partial charge < -0.3 is 25.1 Å². The second-order valence-electron chi connectivity index (χ2n) is 8.97. The third kappa shape index (κ3) is 4.20. The number of rotatable bonds is 4. The molecule has 3 aromatic rings. The predicted molar refractivity (Wildman–Crippen MR) is 123 cm³/mol. The molecule has 8 nitrogen and oxygen atoms in total. The summed E-state index contributed by atoms with van der Waals surface area (Å²) in [4.78, 5) is 24.3. The highest BCUT2D eigenvalue weighted by molar-refractivity contribution is 6.05. The van der Waals surface area contributed by atoms with E-state index in [-0.39, 0.29) is 11.9 Å². The van der Waals surface area contributed by atoms with E-state index < -0.39 is 0 Å². The third-order valence-electron chi connectivity index (χ3n) is 6.42. The highest BCUT2D eigenvalue weighted by atomic mass is 16.5. The van der Waals surface area contributed by atoms with Gasteiger partial charge >= 0.3 is 0 Å². The molecule has 3 aromatic heterocycles. The number of nitrogens with two attached hydrogens (primary N) is 1. The van der Waals surface area contributed by atoms with E-state index in [9.17, 15) is 4.79 Å². The number of fused-ring (bicyclic) bond motifs is 1. The molecule has 168 valence electrons. The molecule has 2 unspecified atom stereocenters. The molecular formula is C24H29N5O3. The molecule has 0 spiro atoms. The molecule has 5 rings (SSSR count). The van der Waals surface area contributed by atoms with Crippen molar-refractivity contribution in [2.45, 2.75) is 38.1 Å². The van der Waals surface area contributed by atoms with Gasteiger partial charge in [-0.15, -0.1) is 0 Å². The molecule has 0 aliphatic carbocycles. The molecule has 1 amide bonds. The van der Waals surface area contributed by atoms with Gasteiger partial charge in [0.15, 0.2) is 5.58 Å². The number of anilines is 2. The van der Waals surface area contributed by atoms with Gasteiger partial charge in [-0.3, -0.25) is 9.78 Å². The summed E-state index contributed by atoms with van der Waals surface area (Å²) in [5.41, 5.74) is 10.7. The Kier molecular flexibility index (Phi) is 5.80. The van der Waals surface area contributed by atoms with Crippen molar-refractivity contribution < 1.29 is 13.9 Å². The number of aromatic nitrogens is 2. The van der Waals surface area contributed by atoms with Gasteiger partial charge in [-0.05, 0) is 49.3 Å². The Morgan fingerprint density at radius 1 is 1.22 bits per heavy atom. The van der Waals surface area contributed by atoms with Crippen LogP contribution in [0.1, 0.15) is 48.2 Å². The number of hydrogen-bond donors (Lipinski definition) is 2. The first-order valence-corrected chi connectivity index (χ1v) is 11.3. The molecule has 0 bridgehead atoms. The fourth-order valence-corrected chi connectivity index (χ4v) is 4.90. The van der Waals surface area contributed by atoms with Crippen molar-refractivity contribution in [3.63, 3.8) is 0 Å². The van der Waals surface area contributed by atoms with Gasteiger partial charge in [-0.2, -0.15) is 0 Å². The standard InChI is InChI=1S/C24H29N5O3/c1-15-10-17(25)13-29(12-15)21-4-7-26-11-20(21)28-24(30)19-2-3-22-23(27-19)18(14-32-22)16-5-8-31-9-6-16/h2-4,7,11,14-17H,5-6,8-10,12-13,25H2,1H3,(H,28,30). The minimum absolute atomic E-state index is 0.115. The fraction of sp³-hybridized carbons (Fsp3) is 0.458. The molecule has 0 radical (unpaired) electrons. The number of ether oxygens (including phenoxy) is 1. The molecule has 5 heterocycles. The zero-order chi connectivity index (χ0) is 22.1. The number of carbonyl (C=O) groups excluding carboxylic acids is 1. The maximum atomic E-state index is 13.1.